The zero-order valence-electron chi connectivity index (χ0n) is 9.18. The van der Waals surface area contributed by atoms with Gasteiger partial charge < -0.3 is 4.74 Å². The number of benzene rings is 1. The number of halogens is 4. The first-order chi connectivity index (χ1) is 8.54. The number of hydrogen-bond donors (Lipinski definition) is 0. The van der Waals surface area contributed by atoms with Crippen LogP contribution >= 0.6 is 46.4 Å². The van der Waals surface area contributed by atoms with Crippen LogP contribution < -0.4 is 4.74 Å². The van der Waals surface area contributed by atoms with Crippen molar-refractivity contribution in [3.05, 3.63) is 44.5 Å². The minimum atomic E-state index is 0.287. The van der Waals surface area contributed by atoms with E-state index in [9.17, 15) is 0 Å². The Morgan fingerprint density at radius 1 is 0.889 bits per heavy atom. The molecule has 94 valence electrons. The lowest BCUT2D eigenvalue weighted by Crippen LogP contribution is -1.90. The second-order valence-electron chi connectivity index (χ2n) is 3.41. The summed E-state index contributed by atoms with van der Waals surface area (Å²) < 4.78 is 4.98. The van der Waals surface area contributed by atoms with Crippen molar-refractivity contribution in [2.75, 3.05) is 7.11 Å². The van der Waals surface area contributed by atoms with Gasteiger partial charge in [0.1, 0.15) is 5.15 Å². The van der Waals surface area contributed by atoms with Gasteiger partial charge in [0.05, 0.1) is 22.2 Å². The van der Waals surface area contributed by atoms with Crippen LogP contribution in [0.15, 0.2) is 24.3 Å². The highest BCUT2D eigenvalue weighted by Gasteiger charge is 2.14. The minimum absolute atomic E-state index is 0.287. The van der Waals surface area contributed by atoms with Crippen molar-refractivity contribution in [3.8, 4) is 17.0 Å². The molecule has 1 heterocycles. The lowest BCUT2D eigenvalue weighted by molar-refractivity contribution is 0.398. The Morgan fingerprint density at radius 3 is 2.17 bits per heavy atom. The largest absolute Gasteiger partial charge is 0.481 e. The van der Waals surface area contributed by atoms with E-state index in [1.807, 2.05) is 0 Å². The number of rotatable bonds is 2. The Bertz CT molecular complexity index is 601. The fourth-order valence-corrected chi connectivity index (χ4v) is 2.35. The standard InChI is InChI=1S/C12H7Cl4NO/c1-18-9-5-3-7(12(16)17-9)6-2-4-8(13)11(15)10(6)14/h2-5H,1H3. The summed E-state index contributed by atoms with van der Waals surface area (Å²) >= 11 is 24.1. The van der Waals surface area contributed by atoms with Crippen molar-refractivity contribution in [3.63, 3.8) is 0 Å². The molecule has 1 aromatic carbocycles. The summed E-state index contributed by atoms with van der Waals surface area (Å²) in [5, 5.41) is 1.32. The van der Waals surface area contributed by atoms with Crippen molar-refractivity contribution in [1.82, 2.24) is 4.98 Å². The van der Waals surface area contributed by atoms with E-state index < -0.39 is 0 Å². The van der Waals surface area contributed by atoms with Crippen molar-refractivity contribution >= 4 is 46.4 Å². The molecule has 1 aromatic heterocycles. The average Bonchev–Trinajstić information content (AvgIpc) is 2.37. The van der Waals surface area contributed by atoms with Crippen LogP contribution in [0.2, 0.25) is 20.2 Å². The lowest BCUT2D eigenvalue weighted by Gasteiger charge is -2.09. The molecule has 0 aliphatic carbocycles. The molecule has 0 saturated carbocycles. The first kappa shape index (κ1) is 13.8. The van der Waals surface area contributed by atoms with Gasteiger partial charge in [-0.3, -0.25) is 0 Å². The molecular formula is C12H7Cl4NO. The van der Waals surface area contributed by atoms with Gasteiger partial charge in [-0.1, -0.05) is 52.5 Å². The van der Waals surface area contributed by atoms with Gasteiger partial charge in [0, 0.05) is 17.2 Å². The monoisotopic (exact) mass is 321 g/mol. The maximum atomic E-state index is 6.14. The summed E-state index contributed by atoms with van der Waals surface area (Å²) in [7, 11) is 1.52. The number of methoxy groups -OCH3 is 1. The highest BCUT2D eigenvalue weighted by atomic mass is 35.5. The van der Waals surface area contributed by atoms with Gasteiger partial charge >= 0.3 is 0 Å². The Labute approximate surface area is 124 Å². The Morgan fingerprint density at radius 2 is 1.56 bits per heavy atom. The van der Waals surface area contributed by atoms with Gasteiger partial charge in [-0.15, -0.1) is 0 Å². The van der Waals surface area contributed by atoms with E-state index in [1.165, 1.54) is 7.11 Å². The highest BCUT2D eigenvalue weighted by molar-refractivity contribution is 6.49. The topological polar surface area (TPSA) is 22.1 Å². The van der Waals surface area contributed by atoms with E-state index in [-0.39, 0.29) is 5.15 Å². The SMILES string of the molecule is COc1ccc(-c2ccc(Cl)c(Cl)c2Cl)c(Cl)n1. The Hall–Kier alpha value is -0.670. The first-order valence-corrected chi connectivity index (χ1v) is 6.40. The van der Waals surface area contributed by atoms with Crippen LogP contribution in [0, 0.1) is 0 Å². The third-order valence-electron chi connectivity index (χ3n) is 2.36. The fourth-order valence-electron chi connectivity index (χ4n) is 1.47. The van der Waals surface area contributed by atoms with Crippen LogP contribution in [0.25, 0.3) is 11.1 Å². The average molecular weight is 323 g/mol. The normalized spacial score (nSPS) is 10.5. The number of pyridine rings is 1. The van der Waals surface area contributed by atoms with Crippen molar-refractivity contribution in [1.29, 1.82) is 0 Å². The molecule has 18 heavy (non-hydrogen) atoms. The van der Waals surface area contributed by atoms with Crippen LogP contribution in [-0.2, 0) is 0 Å². The number of nitrogens with zero attached hydrogens (tertiary/aromatic N) is 1. The van der Waals surface area contributed by atoms with E-state index in [0.29, 0.717) is 32.1 Å². The van der Waals surface area contributed by atoms with E-state index in [4.69, 9.17) is 51.1 Å². The zero-order valence-corrected chi connectivity index (χ0v) is 12.2. The quantitative estimate of drug-likeness (QED) is 0.547. The summed E-state index contributed by atoms with van der Waals surface area (Å²) in [6.45, 7) is 0. The molecule has 0 N–H and O–H groups in total. The van der Waals surface area contributed by atoms with Crippen LogP contribution in [0.5, 0.6) is 5.88 Å². The van der Waals surface area contributed by atoms with Gasteiger partial charge in [0.15, 0.2) is 0 Å². The molecule has 2 rings (SSSR count). The summed E-state index contributed by atoms with van der Waals surface area (Å²) in [6, 6.07) is 6.86. The molecule has 0 fully saturated rings. The van der Waals surface area contributed by atoms with Crippen LogP contribution in [-0.4, -0.2) is 12.1 Å². The predicted molar refractivity (Wildman–Crippen MR) is 76.3 cm³/mol. The third kappa shape index (κ3) is 2.52. The van der Waals surface area contributed by atoms with E-state index in [1.54, 1.807) is 24.3 Å². The molecule has 2 nitrogen and oxygen atoms in total. The Kier molecular flexibility index (Phi) is 4.23. The van der Waals surface area contributed by atoms with Gasteiger partial charge in [-0.05, 0) is 12.1 Å². The van der Waals surface area contributed by atoms with Gasteiger partial charge in [-0.25, -0.2) is 4.98 Å². The molecule has 0 aliphatic heterocycles. The molecule has 0 bridgehead atoms. The fraction of sp³-hybridized carbons (Fsp3) is 0.0833. The van der Waals surface area contributed by atoms with Gasteiger partial charge in [0.25, 0.3) is 0 Å². The summed E-state index contributed by atoms with van der Waals surface area (Å²) in [6.07, 6.45) is 0. The Balaban J connectivity index is 2.59. The zero-order chi connectivity index (χ0) is 13.3. The molecule has 0 unspecified atom stereocenters. The summed E-state index contributed by atoms with van der Waals surface area (Å²) in [5.74, 6) is 0.430. The van der Waals surface area contributed by atoms with Crippen molar-refractivity contribution in [2.24, 2.45) is 0 Å². The molecule has 0 amide bonds. The van der Waals surface area contributed by atoms with Crippen LogP contribution in [0.4, 0.5) is 0 Å². The second-order valence-corrected chi connectivity index (χ2v) is 4.94. The predicted octanol–water partition coefficient (Wildman–Crippen LogP) is 5.37. The number of hydrogen-bond acceptors (Lipinski definition) is 2. The van der Waals surface area contributed by atoms with Crippen molar-refractivity contribution < 1.29 is 4.74 Å². The van der Waals surface area contributed by atoms with Crippen molar-refractivity contribution in [2.45, 2.75) is 0 Å². The molecule has 0 radical (unpaired) electrons. The van der Waals surface area contributed by atoms with E-state index in [2.05, 4.69) is 4.98 Å². The number of aromatic nitrogens is 1. The highest BCUT2D eigenvalue weighted by Crippen LogP contribution is 2.40. The van der Waals surface area contributed by atoms with Crippen LogP contribution in [0.3, 0.4) is 0 Å². The van der Waals surface area contributed by atoms with E-state index >= 15 is 0 Å². The summed E-state index contributed by atoms with van der Waals surface area (Å²) in [4.78, 5) is 4.07. The maximum Gasteiger partial charge on any atom is 0.214 e. The second kappa shape index (κ2) is 5.54. The third-order valence-corrected chi connectivity index (χ3v) is 3.94. The van der Waals surface area contributed by atoms with Crippen LogP contribution in [0.1, 0.15) is 0 Å². The van der Waals surface area contributed by atoms with E-state index in [0.717, 1.165) is 0 Å². The molecule has 0 aliphatic rings. The molecule has 0 saturated heterocycles. The lowest BCUT2D eigenvalue weighted by atomic mass is 10.1. The molecular weight excluding hydrogens is 316 g/mol. The smallest absolute Gasteiger partial charge is 0.214 e. The summed E-state index contributed by atoms with van der Waals surface area (Å²) in [5.41, 5.74) is 1.34. The molecule has 0 atom stereocenters. The minimum Gasteiger partial charge on any atom is -0.481 e. The molecule has 6 heteroatoms. The first-order valence-electron chi connectivity index (χ1n) is 4.89. The van der Waals surface area contributed by atoms with Gasteiger partial charge in [0.2, 0.25) is 5.88 Å². The number of ether oxygens (including phenoxy) is 1. The maximum absolute atomic E-state index is 6.14. The molecule has 0 spiro atoms. The molecule has 2 aromatic rings. The van der Waals surface area contributed by atoms with Gasteiger partial charge in [-0.2, -0.15) is 0 Å².